The predicted octanol–water partition coefficient (Wildman–Crippen LogP) is 3.33. The summed E-state index contributed by atoms with van der Waals surface area (Å²) in [6.45, 7) is 0.317. The minimum absolute atomic E-state index is 0.0581. The van der Waals surface area contributed by atoms with Crippen molar-refractivity contribution in [1.29, 1.82) is 0 Å². The van der Waals surface area contributed by atoms with Crippen molar-refractivity contribution in [3.8, 4) is 0 Å². The second-order valence-electron chi connectivity index (χ2n) is 4.32. The molecule has 0 amide bonds. The van der Waals surface area contributed by atoms with Crippen LogP contribution >= 0.6 is 22.9 Å². The van der Waals surface area contributed by atoms with Crippen molar-refractivity contribution in [2.24, 2.45) is 0 Å². The number of halogens is 1. The quantitative estimate of drug-likeness (QED) is 0.662. The number of sulfone groups is 1. The minimum atomic E-state index is -3.32. The molecule has 9 heteroatoms. The molecule has 0 aliphatic carbocycles. The molecule has 1 heterocycles. The van der Waals surface area contributed by atoms with E-state index in [0.29, 0.717) is 17.3 Å². The highest BCUT2D eigenvalue weighted by molar-refractivity contribution is 7.90. The number of nitro groups is 1. The molecule has 0 radical (unpaired) electrons. The first-order valence-electron chi connectivity index (χ1n) is 5.72. The number of benzene rings is 1. The number of thiophene rings is 1. The highest BCUT2D eigenvalue weighted by Crippen LogP contribution is 2.27. The van der Waals surface area contributed by atoms with Crippen molar-refractivity contribution in [2.75, 3.05) is 11.6 Å². The molecule has 2 rings (SSSR count). The van der Waals surface area contributed by atoms with Gasteiger partial charge in [0.25, 0.3) is 0 Å². The fourth-order valence-corrected chi connectivity index (χ4v) is 3.18. The zero-order valence-corrected chi connectivity index (χ0v) is 13.3. The monoisotopic (exact) mass is 346 g/mol. The van der Waals surface area contributed by atoms with Gasteiger partial charge in [-0.15, -0.1) is 0 Å². The summed E-state index contributed by atoms with van der Waals surface area (Å²) in [6.07, 6.45) is 1.11. The lowest BCUT2D eigenvalue weighted by Gasteiger charge is -2.09. The van der Waals surface area contributed by atoms with Crippen molar-refractivity contribution < 1.29 is 13.3 Å². The third kappa shape index (κ3) is 3.93. The molecule has 1 aromatic heterocycles. The lowest BCUT2D eigenvalue weighted by atomic mass is 10.3. The van der Waals surface area contributed by atoms with Gasteiger partial charge in [0, 0.05) is 24.2 Å². The molecular formula is C12H11ClN2O4S2. The highest BCUT2D eigenvalue weighted by Gasteiger charge is 2.12. The molecule has 0 bridgehead atoms. The van der Waals surface area contributed by atoms with Gasteiger partial charge in [0.05, 0.1) is 20.5 Å². The van der Waals surface area contributed by atoms with Crippen LogP contribution in [0.4, 0.5) is 10.7 Å². The van der Waals surface area contributed by atoms with E-state index in [0.717, 1.165) is 23.2 Å². The zero-order valence-electron chi connectivity index (χ0n) is 10.9. The molecule has 0 atom stereocenters. The molecule has 0 fully saturated rings. The Kier molecular flexibility index (Phi) is 4.50. The zero-order chi connectivity index (χ0) is 15.6. The molecule has 0 spiro atoms. The minimum Gasteiger partial charge on any atom is -0.380 e. The van der Waals surface area contributed by atoms with Crippen LogP contribution in [-0.4, -0.2) is 19.6 Å². The van der Waals surface area contributed by atoms with E-state index >= 15 is 0 Å². The topological polar surface area (TPSA) is 89.3 Å². The first-order chi connectivity index (χ1) is 9.77. The summed E-state index contributed by atoms with van der Waals surface area (Å²) in [4.78, 5) is 10.3. The van der Waals surface area contributed by atoms with Gasteiger partial charge in [0.2, 0.25) is 0 Å². The van der Waals surface area contributed by atoms with E-state index in [4.69, 9.17) is 11.6 Å². The molecule has 6 nitrogen and oxygen atoms in total. The van der Waals surface area contributed by atoms with Crippen LogP contribution in [0, 0.1) is 10.1 Å². The van der Waals surface area contributed by atoms with Crippen LogP contribution in [0.15, 0.2) is 34.5 Å². The lowest BCUT2D eigenvalue weighted by molar-refractivity contribution is -0.380. The molecule has 0 saturated heterocycles. The fraction of sp³-hybridized carbons (Fsp3) is 0.167. The number of anilines is 1. The lowest BCUT2D eigenvalue weighted by Crippen LogP contribution is -2.02. The van der Waals surface area contributed by atoms with Crippen molar-refractivity contribution in [3.05, 3.63) is 50.3 Å². The van der Waals surface area contributed by atoms with E-state index in [1.807, 2.05) is 0 Å². The largest absolute Gasteiger partial charge is 0.380 e. The smallest absolute Gasteiger partial charge is 0.324 e. The van der Waals surface area contributed by atoms with Crippen LogP contribution in [0.2, 0.25) is 5.02 Å². The molecule has 1 N–H and O–H groups in total. The molecular weight excluding hydrogens is 336 g/mol. The number of hydrogen-bond donors (Lipinski definition) is 1. The Morgan fingerprint density at radius 2 is 2.10 bits per heavy atom. The molecule has 0 aliphatic rings. The average Bonchev–Trinajstić information content (AvgIpc) is 2.85. The molecule has 0 aliphatic heterocycles. The van der Waals surface area contributed by atoms with Crippen LogP contribution < -0.4 is 5.32 Å². The standard InChI is InChI=1S/C12H11ClN2O4S2/c1-21(18,19)9-2-3-10(13)11(5-9)14-6-8-4-12(15(16)17)20-7-8/h2-5,7,14H,6H2,1H3. The summed E-state index contributed by atoms with van der Waals surface area (Å²) in [5.74, 6) is 0. The summed E-state index contributed by atoms with van der Waals surface area (Å²) < 4.78 is 23.0. The van der Waals surface area contributed by atoms with E-state index in [2.05, 4.69) is 5.32 Å². The summed E-state index contributed by atoms with van der Waals surface area (Å²) in [6, 6.07) is 5.83. The van der Waals surface area contributed by atoms with Crippen LogP contribution in [0.3, 0.4) is 0 Å². The van der Waals surface area contributed by atoms with Gasteiger partial charge in [-0.05, 0) is 23.8 Å². The van der Waals surface area contributed by atoms with Gasteiger partial charge in [0.1, 0.15) is 0 Å². The van der Waals surface area contributed by atoms with Crippen molar-refractivity contribution in [3.63, 3.8) is 0 Å². The molecule has 2 aromatic rings. The first-order valence-corrected chi connectivity index (χ1v) is 8.87. The Hall–Kier alpha value is -1.64. The molecule has 112 valence electrons. The van der Waals surface area contributed by atoms with E-state index in [9.17, 15) is 18.5 Å². The summed E-state index contributed by atoms with van der Waals surface area (Å²) in [5, 5.41) is 15.7. The predicted molar refractivity (Wildman–Crippen MR) is 82.9 cm³/mol. The van der Waals surface area contributed by atoms with Gasteiger partial charge < -0.3 is 5.32 Å². The van der Waals surface area contributed by atoms with Crippen LogP contribution in [0.1, 0.15) is 5.56 Å². The van der Waals surface area contributed by atoms with Gasteiger partial charge in [0.15, 0.2) is 9.84 Å². The number of nitrogens with zero attached hydrogens (tertiary/aromatic N) is 1. The third-order valence-electron chi connectivity index (χ3n) is 2.67. The second kappa shape index (κ2) is 6.00. The summed E-state index contributed by atoms with van der Waals surface area (Å²) >= 11 is 7.04. The van der Waals surface area contributed by atoms with Crippen molar-refractivity contribution >= 4 is 43.5 Å². The van der Waals surface area contributed by atoms with E-state index in [1.54, 1.807) is 5.38 Å². The fourth-order valence-electron chi connectivity index (χ4n) is 1.62. The Morgan fingerprint density at radius 1 is 1.38 bits per heavy atom. The number of nitrogens with one attached hydrogen (secondary N) is 1. The van der Waals surface area contributed by atoms with Gasteiger partial charge in [-0.25, -0.2) is 8.42 Å². The maximum absolute atomic E-state index is 11.5. The van der Waals surface area contributed by atoms with Gasteiger partial charge in [-0.1, -0.05) is 22.9 Å². The third-order valence-corrected chi connectivity index (χ3v) is 5.04. The Bertz CT molecular complexity index is 786. The van der Waals surface area contributed by atoms with E-state index < -0.39 is 14.8 Å². The van der Waals surface area contributed by atoms with Crippen molar-refractivity contribution in [2.45, 2.75) is 11.4 Å². The maximum Gasteiger partial charge on any atom is 0.324 e. The summed E-state index contributed by atoms with van der Waals surface area (Å²) in [5.41, 5.74) is 1.20. The van der Waals surface area contributed by atoms with Crippen molar-refractivity contribution in [1.82, 2.24) is 0 Å². The van der Waals surface area contributed by atoms with E-state index in [1.165, 1.54) is 24.3 Å². The molecule has 0 unspecified atom stereocenters. The molecule has 1 aromatic carbocycles. The normalized spacial score (nSPS) is 11.3. The first kappa shape index (κ1) is 15.7. The molecule has 21 heavy (non-hydrogen) atoms. The van der Waals surface area contributed by atoms with Crippen LogP contribution in [0.25, 0.3) is 0 Å². The Balaban J connectivity index is 2.17. The van der Waals surface area contributed by atoms with Gasteiger partial charge >= 0.3 is 5.00 Å². The number of rotatable bonds is 5. The van der Waals surface area contributed by atoms with Gasteiger partial charge in [-0.2, -0.15) is 0 Å². The van der Waals surface area contributed by atoms with Gasteiger partial charge in [-0.3, -0.25) is 10.1 Å². The van der Waals surface area contributed by atoms with Crippen LogP contribution in [-0.2, 0) is 16.4 Å². The molecule has 0 saturated carbocycles. The SMILES string of the molecule is CS(=O)(=O)c1ccc(Cl)c(NCc2csc([N+](=O)[O-])c2)c1. The second-order valence-corrected chi connectivity index (χ2v) is 7.63. The highest BCUT2D eigenvalue weighted by atomic mass is 35.5. The maximum atomic E-state index is 11.5. The Labute approximate surface area is 130 Å². The summed E-state index contributed by atoms with van der Waals surface area (Å²) in [7, 11) is -3.32. The van der Waals surface area contributed by atoms with E-state index in [-0.39, 0.29) is 9.90 Å². The Morgan fingerprint density at radius 3 is 2.67 bits per heavy atom. The average molecular weight is 347 g/mol. The van der Waals surface area contributed by atoms with Crippen LogP contribution in [0.5, 0.6) is 0 Å². The number of hydrogen-bond acceptors (Lipinski definition) is 6.